The summed E-state index contributed by atoms with van der Waals surface area (Å²) in [6.07, 6.45) is 32.9. The normalized spacial score (nSPS) is 11.1. The van der Waals surface area contributed by atoms with Crippen molar-refractivity contribution in [3.05, 3.63) is 162 Å². The third kappa shape index (κ3) is 58.4. The molecule has 3 rings (SSSR count). The molecule has 0 heterocycles. The molecule has 0 atom stereocenters. The van der Waals surface area contributed by atoms with Crippen LogP contribution in [0.15, 0.2) is 146 Å². The van der Waals surface area contributed by atoms with E-state index >= 15 is 0 Å². The molecule has 16 N–H and O–H groups in total. The number of para-hydroxylation sites is 3. The lowest BCUT2D eigenvalue weighted by Crippen LogP contribution is -2.33. The number of allylic oxidation sites excluding steroid dienone is 12. The minimum atomic E-state index is -1.11. The van der Waals surface area contributed by atoms with Crippen LogP contribution in [0, 0.1) is 0 Å². The van der Waals surface area contributed by atoms with Crippen molar-refractivity contribution in [1.82, 2.24) is 21.3 Å². The summed E-state index contributed by atoms with van der Waals surface area (Å²) >= 11 is 0. The fraction of sp³-hybridized carbons (Fsp3) is 0.453. The van der Waals surface area contributed by atoms with Crippen molar-refractivity contribution in [3.8, 4) is 17.2 Å². The maximum atomic E-state index is 12.0. The van der Waals surface area contributed by atoms with Gasteiger partial charge in [0.15, 0.2) is 0 Å². The van der Waals surface area contributed by atoms with E-state index in [0.717, 1.165) is 104 Å². The second-order valence-corrected chi connectivity index (χ2v) is 29.6. The number of carboxylic acid groups (broad SMARTS) is 1. The molecule has 0 aliphatic carbocycles. The molecule has 90 heavy (non-hydrogen) atoms. The quantitative estimate of drug-likeness (QED) is 0.0143. The lowest BCUT2D eigenvalue weighted by molar-refractivity contribution is -0.120. The molecule has 504 valence electrons. The summed E-state index contributed by atoms with van der Waals surface area (Å²) in [6.45, 7) is 12.9. The Bertz CT molecular complexity index is 2500. The maximum Gasteiger partial charge on any atom is 0.407 e. The van der Waals surface area contributed by atoms with Gasteiger partial charge in [-0.15, -0.1) is 0 Å². The summed E-state index contributed by atoms with van der Waals surface area (Å²) in [6, 6.07) is 18.8. The predicted molar refractivity (Wildman–Crippen MR) is 397 cm³/mol. The highest BCUT2D eigenvalue weighted by molar-refractivity contribution is 8.77. The van der Waals surface area contributed by atoms with Gasteiger partial charge in [-0.25, -0.2) is 9.59 Å². The first kappa shape index (κ1) is 87.4. The van der Waals surface area contributed by atoms with Gasteiger partial charge in [-0.1, -0.05) is 203 Å². The van der Waals surface area contributed by atoms with E-state index in [1.54, 1.807) is 135 Å². The van der Waals surface area contributed by atoms with Crippen molar-refractivity contribution >= 4 is 116 Å². The van der Waals surface area contributed by atoms with Gasteiger partial charge in [-0.3, -0.25) is 14.4 Å². The van der Waals surface area contributed by atoms with Crippen LogP contribution in [0.25, 0.3) is 0 Å². The number of alkyl carbamates (subject to hydrolysis) is 1. The maximum absolute atomic E-state index is 12.0. The van der Waals surface area contributed by atoms with Crippen LogP contribution in [0.4, 0.5) is 4.79 Å². The largest absolute Gasteiger partial charge is 0.507 e. The van der Waals surface area contributed by atoms with E-state index in [1.807, 2.05) is 20.8 Å². The Hall–Kier alpha value is -4.71. The second kappa shape index (κ2) is 64.4. The van der Waals surface area contributed by atoms with Gasteiger partial charge in [-0.05, 0) is 102 Å². The average molecular weight is 1400 g/mol. The molecule has 0 fully saturated rings. The van der Waals surface area contributed by atoms with Gasteiger partial charge in [0.05, 0.1) is 11.1 Å². The Morgan fingerprint density at radius 1 is 0.433 bits per heavy atom. The SMILES string of the molecule is CC(C)(C)OC(=O)NCCSSCCN.CC/C=C\C/C=C\C/C=C\C/C=C\C/C=C\C/C=C\CCC(=O)NCCSSCCNC(=O)c1ccccc1O.NCCSSCCN.NCCSSCCNC(=O)c1ccccc1O.O=C(O)c1ccccc1O. The van der Waals surface area contributed by atoms with Gasteiger partial charge in [0.2, 0.25) is 5.91 Å². The molecular formula is C64H100N8O10S8. The van der Waals surface area contributed by atoms with Crippen molar-refractivity contribution in [3.63, 3.8) is 0 Å². The van der Waals surface area contributed by atoms with E-state index in [9.17, 15) is 34.2 Å². The molecule has 3 aromatic carbocycles. The number of hydrogen-bond acceptors (Lipinski definition) is 21. The van der Waals surface area contributed by atoms with Gasteiger partial charge in [0.25, 0.3) is 11.8 Å². The third-order valence-corrected chi connectivity index (χ3v) is 19.8. The molecule has 0 aliphatic rings. The first-order chi connectivity index (χ1) is 43.5. The van der Waals surface area contributed by atoms with Crippen LogP contribution < -0.4 is 44.2 Å². The molecule has 0 spiro atoms. The van der Waals surface area contributed by atoms with Gasteiger partial charge in [0, 0.05) is 105 Å². The molecule has 0 aromatic heterocycles. The van der Waals surface area contributed by atoms with Crippen molar-refractivity contribution in [1.29, 1.82) is 0 Å². The highest BCUT2D eigenvalue weighted by Gasteiger charge is 2.15. The Morgan fingerprint density at radius 2 is 0.733 bits per heavy atom. The number of aromatic hydroxyl groups is 3. The number of aromatic carboxylic acids is 1. The van der Waals surface area contributed by atoms with E-state index in [0.29, 0.717) is 51.3 Å². The zero-order valence-electron chi connectivity index (χ0n) is 52.6. The minimum Gasteiger partial charge on any atom is -0.507 e. The standard InChI is InChI=1S/C33H46N2O3S2.C11H16N2O2S2.C9H20N2O2S2.C7H6O3.C4H12N2S2/c1-2-3-4-5-6-7-8-9-10-11-12-13-14-15-16-17-18-19-20-25-32(37)34-26-28-39-40-29-27-35-33(38)30-23-21-22-24-31(30)36;12-5-7-16-17-8-6-13-11(15)9-3-1-2-4-10(9)14;1-9(2,3)13-8(12)11-5-7-15-14-6-4-10;8-6-4-2-1-3-5(6)7(9)10;5-1-3-7-8-4-2-6/h3-4,6-7,9-10,12-13,15-16,18-19,21-24,36H,2,5,8,11,14,17,20,25-29H2,1H3,(H,34,37)(H,35,38);1-4,14H,5-8,12H2,(H,13,15);4-7,10H2,1-3H3,(H,11,12);1-4,8H,(H,9,10);1-6H2/b4-3-,7-6-,10-9-,13-12-,16-15-,19-18-;;;;. The summed E-state index contributed by atoms with van der Waals surface area (Å²) < 4.78 is 5.08. The van der Waals surface area contributed by atoms with E-state index in [1.165, 1.54) is 24.3 Å². The summed E-state index contributed by atoms with van der Waals surface area (Å²) in [5.41, 5.74) is 21.3. The zero-order chi connectivity index (χ0) is 67.0. The van der Waals surface area contributed by atoms with Crippen LogP contribution in [0.5, 0.6) is 17.2 Å². The molecule has 0 bridgehead atoms. The van der Waals surface area contributed by atoms with E-state index in [-0.39, 0.29) is 52.2 Å². The van der Waals surface area contributed by atoms with E-state index < -0.39 is 11.6 Å². The molecule has 0 saturated heterocycles. The number of phenols is 3. The first-order valence-corrected chi connectivity index (χ1v) is 39.5. The zero-order valence-corrected chi connectivity index (χ0v) is 59.2. The van der Waals surface area contributed by atoms with Crippen molar-refractivity contribution < 1.29 is 49.1 Å². The smallest absolute Gasteiger partial charge is 0.407 e. The fourth-order valence-corrected chi connectivity index (χ4v) is 13.0. The third-order valence-electron chi connectivity index (χ3n) is 10.0. The topological polar surface area (TPSA) is 328 Å². The van der Waals surface area contributed by atoms with Crippen LogP contribution in [0.2, 0.25) is 0 Å². The number of amides is 4. The summed E-state index contributed by atoms with van der Waals surface area (Å²) in [4.78, 5) is 57.0. The van der Waals surface area contributed by atoms with Crippen molar-refractivity contribution in [2.45, 2.75) is 84.7 Å². The Morgan fingerprint density at radius 3 is 1.04 bits per heavy atom. The van der Waals surface area contributed by atoms with Crippen molar-refractivity contribution in [2.75, 3.05) is 98.4 Å². The van der Waals surface area contributed by atoms with E-state index in [4.69, 9.17) is 37.9 Å². The summed E-state index contributed by atoms with van der Waals surface area (Å²) in [7, 11) is 13.7. The Balaban J connectivity index is 0. The number of rotatable bonds is 41. The predicted octanol–water partition coefficient (Wildman–Crippen LogP) is 12.8. The molecule has 18 nitrogen and oxygen atoms in total. The van der Waals surface area contributed by atoms with Crippen LogP contribution >= 0.6 is 86.4 Å². The van der Waals surface area contributed by atoms with Crippen LogP contribution in [0.3, 0.4) is 0 Å². The lowest BCUT2D eigenvalue weighted by atomic mass is 10.2. The van der Waals surface area contributed by atoms with Gasteiger partial charge >= 0.3 is 12.1 Å². The first-order valence-electron chi connectivity index (χ1n) is 29.5. The van der Waals surface area contributed by atoms with Gasteiger partial charge in [-0.2, -0.15) is 0 Å². The fourth-order valence-electron chi connectivity index (χ4n) is 5.94. The molecule has 0 saturated carbocycles. The number of ether oxygens (including phenoxy) is 1. The minimum absolute atomic E-state index is 0.00941. The number of carbonyl (C=O) groups is 5. The number of carboxylic acids is 1. The lowest BCUT2D eigenvalue weighted by Gasteiger charge is -2.19. The number of nitrogens with two attached hydrogens (primary N) is 4. The molecule has 4 amide bonds. The van der Waals surface area contributed by atoms with Crippen LogP contribution in [-0.4, -0.2) is 154 Å². The monoisotopic (exact) mass is 1400 g/mol. The van der Waals surface area contributed by atoms with Crippen LogP contribution in [0.1, 0.15) is 110 Å². The number of benzene rings is 3. The Kier molecular flexibility index (Phi) is 62.5. The molecule has 0 aliphatic heterocycles. The van der Waals surface area contributed by atoms with Crippen molar-refractivity contribution in [2.24, 2.45) is 22.9 Å². The molecule has 0 unspecified atom stereocenters. The molecular weight excluding hydrogens is 1300 g/mol. The van der Waals surface area contributed by atoms with E-state index in [2.05, 4.69) is 101 Å². The number of nitrogens with one attached hydrogen (secondary N) is 4. The highest BCUT2D eigenvalue weighted by Crippen LogP contribution is 2.22. The second-order valence-electron chi connectivity index (χ2n) is 18.8. The number of carbonyl (C=O) groups excluding carboxylic acids is 4. The highest BCUT2D eigenvalue weighted by atomic mass is 33.1. The molecule has 26 heteroatoms. The average Bonchev–Trinajstić information content (AvgIpc) is 3.67. The molecule has 3 aromatic rings. The summed E-state index contributed by atoms with van der Waals surface area (Å²) in [5.74, 6) is 5.40. The Labute approximate surface area is 567 Å². The van der Waals surface area contributed by atoms with Gasteiger partial charge in [0.1, 0.15) is 28.4 Å². The summed E-state index contributed by atoms with van der Waals surface area (Å²) in [5, 5.41) is 47.6. The number of hydrogen-bond donors (Lipinski definition) is 12. The molecule has 0 radical (unpaired) electrons. The van der Waals surface area contributed by atoms with Crippen LogP contribution in [-0.2, 0) is 9.53 Å². The number of phenolic OH excluding ortho intramolecular Hbond substituents is 2. The van der Waals surface area contributed by atoms with Gasteiger partial charge < -0.3 is 69.4 Å².